The minimum Gasteiger partial charge on any atom is -0.622 e. The third-order valence-electron chi connectivity index (χ3n) is 3.60. The molecule has 1 aliphatic heterocycles. The molecule has 10 heteroatoms. The average Bonchev–Trinajstić information content (AvgIpc) is 3.28. The van der Waals surface area contributed by atoms with Crippen LogP contribution in [0.5, 0.6) is 5.19 Å². The number of likely N-dealkylation sites (N-methyl/N-ethyl adjacent to an activating group) is 1. The Hall–Kier alpha value is -1.59. The lowest BCUT2D eigenvalue weighted by atomic mass is 10.4. The molecule has 3 heterocycles. The van der Waals surface area contributed by atoms with E-state index in [1.165, 1.54) is 18.4 Å². The predicted molar refractivity (Wildman–Crippen MR) is 87.3 cm³/mol. The number of thiophene rings is 1. The molecule has 0 radical (unpaired) electrons. The maximum atomic E-state index is 13.3. The van der Waals surface area contributed by atoms with E-state index in [1.54, 1.807) is 17.5 Å². The maximum absolute atomic E-state index is 13.3. The molecule has 0 N–H and O–H groups in total. The van der Waals surface area contributed by atoms with Crippen LogP contribution in [0.1, 0.15) is 16.6 Å². The van der Waals surface area contributed by atoms with E-state index in [4.69, 9.17) is 9.47 Å². The molecular formula is C13H16N4O4S2. The monoisotopic (exact) mass is 356 g/mol. The molecule has 1 fully saturated rings. The standard InChI is InChI=1S/C13H16N4O4S2/c1-3-16-7-10(21-11(18)9-5-4-6-22-9)17(19,8-16)12-14-15-13(20-2)23-12/h4-6,10H,3,7-8H2,1-2H3. The van der Waals surface area contributed by atoms with Crippen molar-refractivity contribution < 1.29 is 14.3 Å². The molecule has 23 heavy (non-hydrogen) atoms. The summed E-state index contributed by atoms with van der Waals surface area (Å²) in [6.07, 6.45) is -0.873. The Balaban J connectivity index is 1.85. The van der Waals surface area contributed by atoms with Gasteiger partial charge in [-0.3, -0.25) is 4.65 Å². The number of hydroxylamine groups is 2. The molecule has 8 nitrogen and oxygen atoms in total. The van der Waals surface area contributed by atoms with Gasteiger partial charge in [-0.15, -0.1) is 11.3 Å². The van der Waals surface area contributed by atoms with Crippen molar-refractivity contribution in [1.82, 2.24) is 19.7 Å². The molecule has 0 bridgehead atoms. The lowest BCUT2D eigenvalue weighted by Crippen LogP contribution is -2.50. The largest absolute Gasteiger partial charge is 0.622 e. The highest BCUT2D eigenvalue weighted by atomic mass is 32.1. The summed E-state index contributed by atoms with van der Waals surface area (Å²) in [5.41, 5.74) is 0. The summed E-state index contributed by atoms with van der Waals surface area (Å²) in [6.45, 7) is 3.16. The Morgan fingerprint density at radius 3 is 3.00 bits per heavy atom. The van der Waals surface area contributed by atoms with Crippen LogP contribution in [-0.4, -0.2) is 54.2 Å². The van der Waals surface area contributed by atoms with Crippen LogP contribution in [0.4, 0.5) is 5.13 Å². The number of hydrogen-bond donors (Lipinski definition) is 0. The van der Waals surface area contributed by atoms with Crippen LogP contribution >= 0.6 is 22.7 Å². The quantitative estimate of drug-likeness (QED) is 0.459. The van der Waals surface area contributed by atoms with E-state index >= 15 is 0 Å². The smallest absolute Gasteiger partial charge is 0.352 e. The second-order valence-electron chi connectivity index (χ2n) is 5.00. The molecule has 0 spiro atoms. The number of esters is 1. The summed E-state index contributed by atoms with van der Waals surface area (Å²) in [5.74, 6) is -0.488. The van der Waals surface area contributed by atoms with Gasteiger partial charge in [0.15, 0.2) is 0 Å². The number of rotatable bonds is 5. The van der Waals surface area contributed by atoms with Crippen LogP contribution in [-0.2, 0) is 4.74 Å². The molecule has 2 unspecified atom stereocenters. The van der Waals surface area contributed by atoms with Crippen molar-refractivity contribution in [3.8, 4) is 5.19 Å². The number of carbonyl (C=O) groups is 1. The number of nitrogens with zero attached hydrogens (tertiary/aromatic N) is 4. The van der Waals surface area contributed by atoms with Gasteiger partial charge in [0.05, 0.1) is 13.7 Å². The molecule has 3 rings (SSSR count). The summed E-state index contributed by atoms with van der Waals surface area (Å²) >= 11 is 2.35. The molecule has 0 aromatic carbocycles. The van der Waals surface area contributed by atoms with Crippen molar-refractivity contribution in [2.24, 2.45) is 0 Å². The first-order valence-corrected chi connectivity index (χ1v) is 8.70. The molecule has 0 amide bonds. The summed E-state index contributed by atoms with van der Waals surface area (Å²) in [5, 5.41) is 23.4. The van der Waals surface area contributed by atoms with Gasteiger partial charge in [-0.2, -0.15) is 0 Å². The second-order valence-corrected chi connectivity index (χ2v) is 6.86. The van der Waals surface area contributed by atoms with Crippen molar-refractivity contribution >= 4 is 33.8 Å². The number of carbonyl (C=O) groups excluding carboxylic acids is 1. The highest BCUT2D eigenvalue weighted by Gasteiger charge is 2.46. The summed E-state index contributed by atoms with van der Waals surface area (Å²) in [7, 11) is 1.47. The van der Waals surface area contributed by atoms with Crippen LogP contribution in [0.3, 0.4) is 0 Å². The van der Waals surface area contributed by atoms with Gasteiger partial charge in [-0.05, 0) is 11.4 Å². The molecule has 2 atom stereocenters. The number of methoxy groups -OCH3 is 1. The lowest BCUT2D eigenvalue weighted by molar-refractivity contribution is 0.00606. The first-order chi connectivity index (χ1) is 11.1. The Kier molecular flexibility index (Phi) is 4.60. The van der Waals surface area contributed by atoms with Gasteiger partial charge in [-0.25, -0.2) is 9.69 Å². The van der Waals surface area contributed by atoms with Gasteiger partial charge in [-0.1, -0.05) is 23.2 Å². The normalized spacial score (nSPS) is 24.7. The molecule has 124 valence electrons. The summed E-state index contributed by atoms with van der Waals surface area (Å²) < 4.78 is 9.64. The molecule has 0 saturated carbocycles. The average molecular weight is 356 g/mol. The van der Waals surface area contributed by atoms with Crippen molar-refractivity contribution in [1.29, 1.82) is 0 Å². The van der Waals surface area contributed by atoms with Crippen LogP contribution in [0.25, 0.3) is 0 Å². The molecular weight excluding hydrogens is 340 g/mol. The van der Waals surface area contributed by atoms with E-state index in [9.17, 15) is 10.0 Å². The van der Waals surface area contributed by atoms with Crippen molar-refractivity contribution in [2.45, 2.75) is 13.2 Å². The van der Waals surface area contributed by atoms with E-state index in [-0.39, 0.29) is 11.8 Å². The van der Waals surface area contributed by atoms with Crippen LogP contribution in [0.15, 0.2) is 17.5 Å². The van der Waals surface area contributed by atoms with E-state index in [0.717, 1.165) is 11.3 Å². The van der Waals surface area contributed by atoms with E-state index in [2.05, 4.69) is 10.2 Å². The number of ether oxygens (including phenoxy) is 2. The number of quaternary nitrogens is 1. The van der Waals surface area contributed by atoms with E-state index < -0.39 is 16.8 Å². The predicted octanol–water partition coefficient (Wildman–Crippen LogP) is 1.89. The Morgan fingerprint density at radius 2 is 2.39 bits per heavy atom. The molecule has 1 saturated heterocycles. The zero-order valence-electron chi connectivity index (χ0n) is 12.7. The fourth-order valence-corrected chi connectivity index (χ4v) is 3.69. The lowest BCUT2D eigenvalue weighted by Gasteiger charge is -2.38. The van der Waals surface area contributed by atoms with Crippen molar-refractivity contribution in [2.75, 3.05) is 26.9 Å². The molecule has 2 aromatic rings. The summed E-state index contributed by atoms with van der Waals surface area (Å²) in [4.78, 5) is 14.6. The molecule has 0 aliphatic carbocycles. The first kappa shape index (κ1) is 16.3. The highest BCUT2D eigenvalue weighted by molar-refractivity contribution is 7.16. The molecule has 2 aromatic heterocycles. The fraction of sp³-hybridized carbons (Fsp3) is 0.462. The Morgan fingerprint density at radius 1 is 1.57 bits per heavy atom. The zero-order valence-corrected chi connectivity index (χ0v) is 14.3. The second kappa shape index (κ2) is 6.49. The van der Waals surface area contributed by atoms with Crippen LogP contribution in [0.2, 0.25) is 0 Å². The third kappa shape index (κ3) is 3.08. The highest BCUT2D eigenvalue weighted by Crippen LogP contribution is 2.36. The van der Waals surface area contributed by atoms with Gasteiger partial charge >= 0.3 is 11.1 Å². The van der Waals surface area contributed by atoms with Gasteiger partial charge in [0, 0.05) is 17.9 Å². The first-order valence-electron chi connectivity index (χ1n) is 7.00. The molecule has 1 aliphatic rings. The number of aromatic nitrogens is 2. The Bertz CT molecular complexity index is 677. The maximum Gasteiger partial charge on any atom is 0.352 e. The summed E-state index contributed by atoms with van der Waals surface area (Å²) in [6, 6.07) is 3.44. The van der Waals surface area contributed by atoms with Crippen LogP contribution < -0.4 is 9.38 Å². The van der Waals surface area contributed by atoms with Gasteiger partial charge in [0.1, 0.15) is 11.5 Å². The minimum atomic E-state index is -0.873. The van der Waals surface area contributed by atoms with Gasteiger partial charge in [0.25, 0.3) is 11.4 Å². The fourth-order valence-electron chi connectivity index (χ4n) is 2.35. The van der Waals surface area contributed by atoms with Crippen LogP contribution in [0, 0.1) is 5.21 Å². The Labute approximate surface area is 141 Å². The van der Waals surface area contributed by atoms with Crippen molar-refractivity contribution in [3.05, 3.63) is 27.6 Å². The van der Waals surface area contributed by atoms with E-state index in [0.29, 0.717) is 23.2 Å². The SMILES string of the molecule is CCN1CC(OC(=O)c2cccs2)[N+]([O-])(c2nnc(OC)s2)C1. The third-order valence-corrected chi connectivity index (χ3v) is 5.44. The van der Waals surface area contributed by atoms with E-state index in [1.807, 2.05) is 11.8 Å². The van der Waals surface area contributed by atoms with Gasteiger partial charge in [0.2, 0.25) is 0 Å². The van der Waals surface area contributed by atoms with Gasteiger partial charge < -0.3 is 14.7 Å². The number of hydrogen-bond acceptors (Lipinski definition) is 9. The van der Waals surface area contributed by atoms with Crippen molar-refractivity contribution in [3.63, 3.8) is 0 Å². The topological polar surface area (TPSA) is 87.6 Å². The zero-order chi connectivity index (χ0) is 16.4. The minimum absolute atomic E-state index is 0.164.